The molecule has 0 atom stereocenters. The van der Waals surface area contributed by atoms with E-state index in [0.29, 0.717) is 12.3 Å². The van der Waals surface area contributed by atoms with Gasteiger partial charge in [-0.2, -0.15) is 16.9 Å². The summed E-state index contributed by atoms with van der Waals surface area (Å²) in [5.41, 5.74) is 2.16. The Labute approximate surface area is 117 Å². The molecule has 0 spiro atoms. The Bertz CT molecular complexity index is 524. The number of thioether (sulfide) groups is 1. The fourth-order valence-electron chi connectivity index (χ4n) is 1.74. The van der Waals surface area contributed by atoms with Crippen molar-refractivity contribution in [3.63, 3.8) is 0 Å². The Morgan fingerprint density at radius 2 is 2.16 bits per heavy atom. The van der Waals surface area contributed by atoms with E-state index >= 15 is 0 Å². The van der Waals surface area contributed by atoms with Crippen LogP contribution in [-0.2, 0) is 11.2 Å². The van der Waals surface area contributed by atoms with E-state index in [9.17, 15) is 4.79 Å². The van der Waals surface area contributed by atoms with Crippen molar-refractivity contribution >= 4 is 17.7 Å². The number of nitrogens with one attached hydrogen (secondary N) is 1. The van der Waals surface area contributed by atoms with E-state index < -0.39 is 0 Å². The van der Waals surface area contributed by atoms with Gasteiger partial charge in [0.05, 0.1) is 17.6 Å². The van der Waals surface area contributed by atoms with Crippen LogP contribution in [0.4, 0.5) is 0 Å². The highest BCUT2D eigenvalue weighted by molar-refractivity contribution is 7.99. The van der Waals surface area contributed by atoms with Crippen LogP contribution in [-0.4, -0.2) is 34.2 Å². The molecule has 0 saturated carbocycles. The molecule has 0 aliphatic heterocycles. The largest absolute Gasteiger partial charge is 0.355 e. The maximum atomic E-state index is 11.3. The van der Waals surface area contributed by atoms with Crippen molar-refractivity contribution in [1.82, 2.24) is 15.1 Å². The molecule has 2 aromatic rings. The lowest BCUT2D eigenvalue weighted by atomic mass is 10.2. The van der Waals surface area contributed by atoms with Crippen molar-refractivity contribution in [3.8, 4) is 5.69 Å². The molecular weight excluding hydrogens is 258 g/mol. The number of rotatable bonds is 6. The number of carbonyl (C=O) groups excluding carboxylic acids is 1. The highest BCUT2D eigenvalue weighted by Gasteiger charge is 2.02. The Kier molecular flexibility index (Phi) is 5.03. The van der Waals surface area contributed by atoms with E-state index in [-0.39, 0.29) is 5.91 Å². The Morgan fingerprint density at radius 3 is 2.89 bits per heavy atom. The van der Waals surface area contributed by atoms with Gasteiger partial charge >= 0.3 is 0 Å². The standard InChI is InChI=1S/C14H17N3OS/c1-19-11-14(18)15-8-7-12-9-16-17(10-12)13-5-3-2-4-6-13/h2-6,9-10H,7-8,11H2,1H3,(H,15,18). The summed E-state index contributed by atoms with van der Waals surface area (Å²) in [6.45, 7) is 0.653. The normalized spacial score (nSPS) is 10.4. The summed E-state index contributed by atoms with van der Waals surface area (Å²) in [5, 5.41) is 7.20. The van der Waals surface area contributed by atoms with Crippen LogP contribution in [0.25, 0.3) is 5.69 Å². The summed E-state index contributed by atoms with van der Waals surface area (Å²) in [6.07, 6.45) is 6.56. The van der Waals surface area contributed by atoms with E-state index in [2.05, 4.69) is 10.4 Å². The molecular formula is C14H17N3OS. The Balaban J connectivity index is 1.86. The van der Waals surface area contributed by atoms with Crippen molar-refractivity contribution in [2.75, 3.05) is 18.6 Å². The molecule has 4 nitrogen and oxygen atoms in total. The third-order valence-corrected chi connectivity index (χ3v) is 3.22. The van der Waals surface area contributed by atoms with Gasteiger partial charge in [0.1, 0.15) is 0 Å². The molecule has 100 valence electrons. The zero-order chi connectivity index (χ0) is 13.5. The molecule has 2 rings (SSSR count). The predicted molar refractivity (Wildman–Crippen MR) is 78.7 cm³/mol. The molecule has 1 aromatic heterocycles. The second-order valence-electron chi connectivity index (χ2n) is 4.16. The maximum absolute atomic E-state index is 11.3. The van der Waals surface area contributed by atoms with E-state index in [0.717, 1.165) is 17.7 Å². The van der Waals surface area contributed by atoms with Gasteiger partial charge in [0.25, 0.3) is 0 Å². The maximum Gasteiger partial charge on any atom is 0.229 e. The van der Waals surface area contributed by atoms with Crippen LogP contribution < -0.4 is 5.32 Å². The lowest BCUT2D eigenvalue weighted by Gasteiger charge is -2.02. The van der Waals surface area contributed by atoms with Crippen LogP contribution >= 0.6 is 11.8 Å². The quantitative estimate of drug-likeness (QED) is 0.876. The summed E-state index contributed by atoms with van der Waals surface area (Å²) in [5.74, 6) is 0.603. The molecule has 1 N–H and O–H groups in total. The first-order chi connectivity index (χ1) is 9.29. The number of aromatic nitrogens is 2. The highest BCUT2D eigenvalue weighted by Crippen LogP contribution is 2.07. The van der Waals surface area contributed by atoms with Crippen molar-refractivity contribution in [3.05, 3.63) is 48.3 Å². The van der Waals surface area contributed by atoms with E-state index in [1.807, 2.05) is 53.7 Å². The molecule has 0 fully saturated rings. The summed E-state index contributed by atoms with van der Waals surface area (Å²) in [4.78, 5) is 11.3. The number of nitrogens with zero attached hydrogens (tertiary/aromatic N) is 2. The van der Waals surface area contributed by atoms with Gasteiger partial charge in [-0.1, -0.05) is 18.2 Å². The lowest BCUT2D eigenvalue weighted by molar-refractivity contribution is -0.118. The molecule has 1 heterocycles. The van der Waals surface area contributed by atoms with Crippen LogP contribution in [0.2, 0.25) is 0 Å². The van der Waals surface area contributed by atoms with Crippen LogP contribution in [0, 0.1) is 0 Å². The van der Waals surface area contributed by atoms with Gasteiger partial charge in [-0.15, -0.1) is 0 Å². The van der Waals surface area contributed by atoms with Gasteiger partial charge < -0.3 is 5.32 Å². The molecule has 0 radical (unpaired) electrons. The van der Waals surface area contributed by atoms with Crippen molar-refractivity contribution in [1.29, 1.82) is 0 Å². The number of para-hydroxylation sites is 1. The zero-order valence-electron chi connectivity index (χ0n) is 10.9. The summed E-state index contributed by atoms with van der Waals surface area (Å²) in [6, 6.07) is 9.97. The minimum absolute atomic E-state index is 0.0861. The minimum atomic E-state index is 0.0861. The number of amides is 1. The molecule has 0 saturated heterocycles. The average Bonchev–Trinajstić information content (AvgIpc) is 2.89. The molecule has 1 amide bonds. The first-order valence-electron chi connectivity index (χ1n) is 6.14. The summed E-state index contributed by atoms with van der Waals surface area (Å²) < 4.78 is 1.85. The highest BCUT2D eigenvalue weighted by atomic mass is 32.2. The first kappa shape index (κ1) is 13.7. The Morgan fingerprint density at radius 1 is 1.37 bits per heavy atom. The summed E-state index contributed by atoms with van der Waals surface area (Å²) in [7, 11) is 0. The second kappa shape index (κ2) is 6.99. The first-order valence-corrected chi connectivity index (χ1v) is 7.53. The number of hydrogen-bond acceptors (Lipinski definition) is 3. The molecule has 0 aliphatic rings. The van der Waals surface area contributed by atoms with Crippen LogP contribution in [0.5, 0.6) is 0 Å². The fraction of sp³-hybridized carbons (Fsp3) is 0.286. The van der Waals surface area contributed by atoms with E-state index in [4.69, 9.17) is 0 Å². The van der Waals surface area contributed by atoms with Gasteiger partial charge in [-0.25, -0.2) is 4.68 Å². The molecule has 0 bridgehead atoms. The second-order valence-corrected chi connectivity index (χ2v) is 5.03. The molecule has 0 aliphatic carbocycles. The molecule has 5 heteroatoms. The molecule has 19 heavy (non-hydrogen) atoms. The number of hydrogen-bond donors (Lipinski definition) is 1. The van der Waals surface area contributed by atoms with Crippen molar-refractivity contribution in [2.45, 2.75) is 6.42 Å². The summed E-state index contributed by atoms with van der Waals surface area (Å²) >= 11 is 1.53. The van der Waals surface area contributed by atoms with Crippen LogP contribution in [0.1, 0.15) is 5.56 Å². The van der Waals surface area contributed by atoms with Crippen LogP contribution in [0.3, 0.4) is 0 Å². The molecule has 0 unspecified atom stereocenters. The number of benzene rings is 1. The SMILES string of the molecule is CSCC(=O)NCCc1cnn(-c2ccccc2)c1. The fourth-order valence-corrected chi connectivity index (χ4v) is 2.10. The third-order valence-electron chi connectivity index (χ3n) is 2.67. The van der Waals surface area contributed by atoms with Gasteiger partial charge in [-0.3, -0.25) is 4.79 Å². The monoisotopic (exact) mass is 275 g/mol. The van der Waals surface area contributed by atoms with Gasteiger partial charge in [0.15, 0.2) is 0 Å². The Hall–Kier alpha value is -1.75. The predicted octanol–water partition coefficient (Wildman–Crippen LogP) is 1.89. The topological polar surface area (TPSA) is 46.9 Å². The smallest absolute Gasteiger partial charge is 0.229 e. The number of carbonyl (C=O) groups is 1. The minimum Gasteiger partial charge on any atom is -0.355 e. The lowest BCUT2D eigenvalue weighted by Crippen LogP contribution is -2.27. The van der Waals surface area contributed by atoms with E-state index in [1.165, 1.54) is 11.8 Å². The van der Waals surface area contributed by atoms with Crippen LogP contribution in [0.15, 0.2) is 42.7 Å². The van der Waals surface area contributed by atoms with Gasteiger partial charge in [0, 0.05) is 12.7 Å². The zero-order valence-corrected chi connectivity index (χ0v) is 11.7. The van der Waals surface area contributed by atoms with Gasteiger partial charge in [0.2, 0.25) is 5.91 Å². The van der Waals surface area contributed by atoms with E-state index in [1.54, 1.807) is 0 Å². The van der Waals surface area contributed by atoms with Gasteiger partial charge in [-0.05, 0) is 30.4 Å². The molecule has 1 aromatic carbocycles. The average molecular weight is 275 g/mol. The third kappa shape index (κ3) is 4.13. The van der Waals surface area contributed by atoms with Crippen molar-refractivity contribution < 1.29 is 4.79 Å². The van der Waals surface area contributed by atoms with Crippen molar-refractivity contribution in [2.24, 2.45) is 0 Å².